The van der Waals surface area contributed by atoms with Gasteiger partial charge in [0.2, 0.25) is 0 Å². The summed E-state index contributed by atoms with van der Waals surface area (Å²) < 4.78 is 22.8. The summed E-state index contributed by atoms with van der Waals surface area (Å²) in [4.78, 5) is 0. The van der Waals surface area contributed by atoms with E-state index in [4.69, 9.17) is 0 Å². The van der Waals surface area contributed by atoms with Crippen molar-refractivity contribution < 1.29 is 112 Å². The zero-order chi connectivity index (χ0) is 4.12. The minimum atomic E-state index is -1.91. The summed E-state index contributed by atoms with van der Waals surface area (Å²) in [5.41, 5.74) is 0. The van der Waals surface area contributed by atoms with E-state index in [9.17, 15) is 4.09 Å². The fraction of sp³-hybridized carbons (Fsp3) is 0. The van der Waals surface area contributed by atoms with Gasteiger partial charge in [0.05, 0.1) is 0 Å². The molecule has 0 heterocycles. The van der Waals surface area contributed by atoms with E-state index in [1.165, 1.54) is 0 Å². The third-order valence-electron chi connectivity index (χ3n) is 0.111. The molecule has 0 bridgehead atoms. The summed E-state index contributed by atoms with van der Waals surface area (Å²) in [5.74, 6) is 0. The molecule has 3 nitrogen and oxygen atoms in total. The van der Waals surface area contributed by atoms with Crippen LogP contribution in [0, 0.1) is 49.4 Å². The van der Waals surface area contributed by atoms with Gasteiger partial charge in [-0.2, -0.15) is 0 Å². The zero-order valence-electron chi connectivity index (χ0n) is 2.76. The van der Waals surface area contributed by atoms with Crippen LogP contribution in [0.5, 0.6) is 0 Å². The molecule has 0 aromatic rings. The summed E-state index contributed by atoms with van der Waals surface area (Å²) in [7, 11) is 0. The van der Waals surface area contributed by atoms with Crippen molar-refractivity contribution >= 4 is 0 Å². The van der Waals surface area contributed by atoms with Gasteiger partial charge in [0.25, 0.3) is 0 Å². The summed E-state index contributed by atoms with van der Waals surface area (Å²) >= 11 is -3.81. The van der Waals surface area contributed by atoms with Gasteiger partial charge in [0, 0.05) is 49.4 Å². The minimum absolute atomic E-state index is 0. The molecule has 0 rings (SSSR count). The van der Waals surface area contributed by atoms with Crippen LogP contribution in [0.15, 0.2) is 0 Å². The monoisotopic (exact) mass is 379 g/mol. The zero-order valence-corrected chi connectivity index (χ0v) is 10.9. The second-order valence-corrected chi connectivity index (χ2v) is 5.90. The Kier molecular flexibility index (Phi) is 22.5. The van der Waals surface area contributed by atoms with Crippen molar-refractivity contribution in [2.45, 2.75) is 0 Å². The topological polar surface area (TPSA) is 43.4 Å². The quantitative estimate of drug-likeness (QED) is 0.663. The van der Waals surface area contributed by atoms with Gasteiger partial charge in [0.15, 0.2) is 0 Å². The van der Waals surface area contributed by atoms with Gasteiger partial charge in [0.1, 0.15) is 0 Å². The van der Waals surface area contributed by atoms with Crippen molar-refractivity contribution in [3.8, 4) is 0 Å². The third-order valence-corrected chi connectivity index (χ3v) is 3.89. The number of hydrogen-bond acceptors (Lipinski definition) is 3. The van der Waals surface area contributed by atoms with E-state index in [-0.39, 0.29) is 49.4 Å². The molecule has 0 aromatic carbocycles. The molecule has 6 heavy (non-hydrogen) atoms. The molecule has 0 aliphatic heterocycles. The van der Waals surface area contributed by atoms with Crippen molar-refractivity contribution in [2.75, 3.05) is 0 Å². The molecular formula is EuO3Y2. The average molecular weight is 378 g/mol. The van der Waals surface area contributed by atoms with Gasteiger partial charge in [-0.1, -0.05) is 0 Å². The first-order chi connectivity index (χ1) is 2.41. The second-order valence-electron chi connectivity index (χ2n) is 0.329. The van der Waals surface area contributed by atoms with Gasteiger partial charge in [-0.3, -0.25) is 0 Å². The maximum absolute atomic E-state index is 9.35. The van der Waals surface area contributed by atoms with Gasteiger partial charge in [-0.25, -0.2) is 0 Å². The van der Waals surface area contributed by atoms with Crippen LogP contribution in [0.1, 0.15) is 0 Å². The van der Waals surface area contributed by atoms with Crippen LogP contribution in [-0.2, 0) is 63.0 Å². The van der Waals surface area contributed by atoms with E-state index in [2.05, 4.69) is -0.634 Å². The predicted octanol–water partition coefficient (Wildman–Crippen LogP) is -0.311. The summed E-state index contributed by atoms with van der Waals surface area (Å²) in [6, 6.07) is 0. The average Bonchev–Trinajstić information content (AvgIpc) is 1.41. The molecule has 0 saturated heterocycles. The van der Waals surface area contributed by atoms with Gasteiger partial charge >= 0.3 is 63.0 Å². The Morgan fingerprint density at radius 1 is 1.17 bits per heavy atom. The van der Waals surface area contributed by atoms with Crippen LogP contribution in [0.2, 0.25) is 0 Å². The van der Waals surface area contributed by atoms with Crippen molar-refractivity contribution in [1.29, 1.82) is 0 Å². The van der Waals surface area contributed by atoms with Crippen LogP contribution in [0.3, 0.4) is 0 Å². The Balaban J connectivity index is 0. The molecule has 0 spiro atoms. The molecule has 0 fully saturated rings. The first-order valence-electron chi connectivity index (χ1n) is 0.943. The molecule has 0 saturated carbocycles. The van der Waals surface area contributed by atoms with Crippen LogP contribution < -0.4 is 0 Å². The van der Waals surface area contributed by atoms with Crippen molar-refractivity contribution in [2.24, 2.45) is 0 Å². The standard InChI is InChI=1S/Eu.3O.2Y. The number of hydrogen-bond donors (Lipinski definition) is 0. The maximum atomic E-state index is 9.35. The Bertz CT molecular complexity index is 38.1. The van der Waals surface area contributed by atoms with Gasteiger partial charge < -0.3 is 0 Å². The Hall–Kier alpha value is 3.35. The van der Waals surface area contributed by atoms with Gasteiger partial charge in [-0.05, 0) is 0 Å². The Labute approximate surface area is 109 Å². The van der Waals surface area contributed by atoms with Crippen molar-refractivity contribution in [3.05, 3.63) is 0 Å². The molecule has 0 N–H and O–H groups in total. The second kappa shape index (κ2) is 11.2. The van der Waals surface area contributed by atoms with Crippen molar-refractivity contribution in [1.82, 2.24) is 0 Å². The SMILES string of the molecule is [Eu].[O]=[Y][O][Y]=[O]. The molecule has 0 atom stereocenters. The molecule has 0 amide bonds. The van der Waals surface area contributed by atoms with E-state index in [1.807, 2.05) is 0 Å². The third kappa shape index (κ3) is 10.4. The summed E-state index contributed by atoms with van der Waals surface area (Å²) in [6.07, 6.45) is 0. The predicted molar refractivity (Wildman–Crippen MR) is 2.46 cm³/mol. The molecule has 0 aromatic heterocycles. The van der Waals surface area contributed by atoms with E-state index in [0.29, 0.717) is 0 Å². The van der Waals surface area contributed by atoms with E-state index in [1.54, 1.807) is 0 Å². The molecule has 6 heteroatoms. The fourth-order valence-corrected chi connectivity index (χ4v) is 0.794. The van der Waals surface area contributed by atoms with E-state index < -0.39 is 59.5 Å². The Morgan fingerprint density at radius 2 is 1.50 bits per heavy atom. The van der Waals surface area contributed by atoms with E-state index >= 15 is 0 Å². The fourth-order valence-electron chi connectivity index (χ4n) is 0.0227. The molecule has 1 radical (unpaired) electrons. The molecule has 0 unspecified atom stereocenters. The Morgan fingerprint density at radius 3 is 1.50 bits per heavy atom. The number of rotatable bonds is 2. The molecule has 0 aliphatic carbocycles. The van der Waals surface area contributed by atoms with Gasteiger partial charge in [-0.15, -0.1) is 0 Å². The molecule has 31 valence electrons. The van der Waals surface area contributed by atoms with Crippen molar-refractivity contribution in [3.63, 3.8) is 0 Å². The first-order valence-corrected chi connectivity index (χ1v) is 5.58. The normalized spacial score (nSPS) is 4.00. The van der Waals surface area contributed by atoms with Crippen LogP contribution in [0.25, 0.3) is 0 Å². The molecular weight excluding hydrogens is 378 g/mol. The summed E-state index contributed by atoms with van der Waals surface area (Å²) in [6.45, 7) is 0. The van der Waals surface area contributed by atoms with Crippen LogP contribution in [-0.4, -0.2) is 0 Å². The van der Waals surface area contributed by atoms with Crippen LogP contribution in [0.4, 0.5) is 0 Å². The first kappa shape index (κ1) is 12.1. The summed E-state index contributed by atoms with van der Waals surface area (Å²) in [5, 5.41) is 0. The van der Waals surface area contributed by atoms with Crippen LogP contribution >= 0.6 is 0 Å². The molecule has 0 aliphatic rings. The van der Waals surface area contributed by atoms with E-state index in [0.717, 1.165) is 0 Å².